The third-order valence-corrected chi connectivity index (χ3v) is 6.71. The molecule has 7 heteroatoms. The summed E-state index contributed by atoms with van der Waals surface area (Å²) < 4.78 is 25.4. The molecule has 1 aliphatic rings. The van der Waals surface area contributed by atoms with Crippen molar-refractivity contribution in [2.75, 3.05) is 25.9 Å². The molecule has 4 rings (SSSR count). The molecule has 0 spiro atoms. The van der Waals surface area contributed by atoms with Crippen molar-refractivity contribution in [2.45, 2.75) is 37.6 Å². The summed E-state index contributed by atoms with van der Waals surface area (Å²) in [6.45, 7) is 7.93. The molecule has 0 aliphatic carbocycles. The van der Waals surface area contributed by atoms with Crippen LogP contribution in [0.15, 0.2) is 47.6 Å². The van der Waals surface area contributed by atoms with Gasteiger partial charge in [-0.2, -0.15) is 5.10 Å². The van der Waals surface area contributed by atoms with Crippen LogP contribution in [0.3, 0.4) is 0 Å². The number of hydrogen-bond donors (Lipinski definition) is 0. The lowest BCUT2D eigenvalue weighted by Crippen LogP contribution is -2.37. The van der Waals surface area contributed by atoms with Crippen LogP contribution in [0.2, 0.25) is 0 Å². The van der Waals surface area contributed by atoms with Gasteiger partial charge in [-0.25, -0.2) is 8.42 Å². The number of sulfone groups is 1. The third kappa shape index (κ3) is 4.36. The summed E-state index contributed by atoms with van der Waals surface area (Å²) in [5.41, 5.74) is 2.78. The molecule has 0 saturated carbocycles. The lowest BCUT2D eigenvalue weighted by molar-refractivity contribution is 0.166. The molecule has 0 atom stereocenters. The molecule has 2 aromatic heterocycles. The Kier molecular flexibility index (Phi) is 5.44. The average molecular weight is 413 g/mol. The second-order valence-corrected chi connectivity index (χ2v) is 10.5. The van der Waals surface area contributed by atoms with E-state index in [0.29, 0.717) is 16.9 Å². The lowest BCUT2D eigenvalue weighted by Gasteiger charge is -2.33. The number of hydrogen-bond acceptors (Lipinski definition) is 5. The van der Waals surface area contributed by atoms with Crippen molar-refractivity contribution in [3.63, 3.8) is 0 Å². The summed E-state index contributed by atoms with van der Waals surface area (Å²) in [6.07, 6.45) is 7.24. The fourth-order valence-corrected chi connectivity index (χ4v) is 4.76. The summed E-state index contributed by atoms with van der Waals surface area (Å²) in [5.74, 6) is 0.700. The van der Waals surface area contributed by atoms with Gasteiger partial charge >= 0.3 is 0 Å². The molecule has 0 amide bonds. The van der Waals surface area contributed by atoms with E-state index in [1.165, 1.54) is 6.26 Å². The van der Waals surface area contributed by atoms with E-state index in [1.54, 1.807) is 24.3 Å². The first-order chi connectivity index (χ1) is 13.8. The molecule has 29 heavy (non-hydrogen) atoms. The van der Waals surface area contributed by atoms with Crippen LogP contribution in [0.25, 0.3) is 22.2 Å². The van der Waals surface area contributed by atoms with E-state index in [-0.39, 0.29) is 0 Å². The highest BCUT2D eigenvalue weighted by atomic mass is 32.2. The van der Waals surface area contributed by atoms with Crippen LogP contribution in [0, 0.1) is 5.92 Å². The second kappa shape index (κ2) is 7.88. The Morgan fingerprint density at radius 1 is 1.10 bits per heavy atom. The Labute approximate surface area is 172 Å². The van der Waals surface area contributed by atoms with Crippen LogP contribution < -0.4 is 0 Å². The van der Waals surface area contributed by atoms with Crippen molar-refractivity contribution in [1.29, 1.82) is 0 Å². The molecular formula is C22H28N4O2S. The minimum Gasteiger partial charge on any atom is -0.303 e. The van der Waals surface area contributed by atoms with Crippen LogP contribution in [0.4, 0.5) is 0 Å². The van der Waals surface area contributed by atoms with Crippen molar-refractivity contribution >= 4 is 20.7 Å². The van der Waals surface area contributed by atoms with Gasteiger partial charge in [0.1, 0.15) is 0 Å². The summed E-state index contributed by atoms with van der Waals surface area (Å²) in [6, 6.07) is 9.31. The average Bonchev–Trinajstić information content (AvgIpc) is 3.11. The van der Waals surface area contributed by atoms with Gasteiger partial charge in [-0.1, -0.05) is 26.0 Å². The van der Waals surface area contributed by atoms with Gasteiger partial charge in [-0.3, -0.25) is 9.67 Å². The summed E-state index contributed by atoms with van der Waals surface area (Å²) in [5, 5.41) is 5.73. The Morgan fingerprint density at radius 3 is 2.41 bits per heavy atom. The lowest BCUT2D eigenvalue weighted by atomic mass is 10.0. The van der Waals surface area contributed by atoms with E-state index in [4.69, 9.17) is 0 Å². The molecule has 6 nitrogen and oxygen atoms in total. The van der Waals surface area contributed by atoms with E-state index < -0.39 is 9.84 Å². The molecule has 1 fully saturated rings. The van der Waals surface area contributed by atoms with Gasteiger partial charge in [0.2, 0.25) is 0 Å². The summed E-state index contributed by atoms with van der Waals surface area (Å²) >= 11 is 0. The molecule has 1 saturated heterocycles. The van der Waals surface area contributed by atoms with Crippen molar-refractivity contribution in [3.05, 3.63) is 42.7 Å². The van der Waals surface area contributed by atoms with Gasteiger partial charge < -0.3 is 4.90 Å². The highest BCUT2D eigenvalue weighted by molar-refractivity contribution is 7.90. The van der Waals surface area contributed by atoms with Crippen LogP contribution >= 0.6 is 0 Å². The zero-order chi connectivity index (χ0) is 20.6. The van der Waals surface area contributed by atoms with Crippen molar-refractivity contribution in [3.8, 4) is 11.3 Å². The first kappa shape index (κ1) is 20.0. The van der Waals surface area contributed by atoms with Gasteiger partial charge in [-0.15, -0.1) is 0 Å². The van der Waals surface area contributed by atoms with Crippen LogP contribution in [0.1, 0.15) is 32.7 Å². The van der Waals surface area contributed by atoms with Gasteiger partial charge in [0.15, 0.2) is 9.84 Å². The molecule has 1 aliphatic heterocycles. The van der Waals surface area contributed by atoms with Crippen LogP contribution in [-0.4, -0.2) is 54.0 Å². The zero-order valence-electron chi connectivity index (χ0n) is 17.2. The predicted octanol–water partition coefficient (Wildman–Crippen LogP) is 3.79. The molecule has 1 aromatic carbocycles. The highest BCUT2D eigenvalue weighted by Crippen LogP contribution is 2.28. The van der Waals surface area contributed by atoms with Gasteiger partial charge in [0.05, 0.1) is 34.5 Å². The zero-order valence-corrected chi connectivity index (χ0v) is 18.1. The number of pyridine rings is 1. The van der Waals surface area contributed by atoms with Crippen molar-refractivity contribution < 1.29 is 8.42 Å². The maximum Gasteiger partial charge on any atom is 0.175 e. The fraction of sp³-hybridized carbons (Fsp3) is 0.455. The molecular weight excluding hydrogens is 384 g/mol. The Hall–Kier alpha value is -2.25. The minimum absolute atomic E-state index is 0.318. The number of benzene rings is 1. The van der Waals surface area contributed by atoms with E-state index in [2.05, 4.69) is 33.5 Å². The maximum absolute atomic E-state index is 11.7. The number of rotatable bonds is 5. The van der Waals surface area contributed by atoms with E-state index in [1.807, 2.05) is 18.5 Å². The fourth-order valence-electron chi connectivity index (χ4n) is 4.13. The van der Waals surface area contributed by atoms with Crippen LogP contribution in [-0.2, 0) is 9.84 Å². The summed E-state index contributed by atoms with van der Waals surface area (Å²) in [4.78, 5) is 7.49. The van der Waals surface area contributed by atoms with Gasteiger partial charge in [-0.05, 0) is 37.0 Å². The number of likely N-dealkylation sites (tertiary alicyclic amines) is 1. The van der Waals surface area contributed by atoms with E-state index in [0.717, 1.165) is 54.6 Å². The van der Waals surface area contributed by atoms with Crippen LogP contribution in [0.5, 0.6) is 0 Å². The molecule has 0 unspecified atom stereocenters. The van der Waals surface area contributed by atoms with Gasteiger partial charge in [0, 0.05) is 36.8 Å². The number of nitrogens with zero attached hydrogens (tertiary/aromatic N) is 4. The third-order valence-electron chi connectivity index (χ3n) is 5.59. The second-order valence-electron chi connectivity index (χ2n) is 8.44. The monoisotopic (exact) mass is 412 g/mol. The number of piperidine rings is 1. The largest absolute Gasteiger partial charge is 0.303 e. The Bertz CT molecular complexity index is 1100. The quantitative estimate of drug-likeness (QED) is 0.638. The standard InChI is InChI=1S/C22H28N4O2S/c1-16(2)15-25-10-8-19(9-11-25)26-22-14-23-21(12-18(22)13-24-26)17-4-6-20(7-5-17)29(3,27)28/h4-7,12-14,16,19H,8-11,15H2,1-3H3. The summed E-state index contributed by atoms with van der Waals surface area (Å²) in [7, 11) is -3.19. The minimum atomic E-state index is -3.19. The molecule has 3 aromatic rings. The van der Waals surface area contributed by atoms with E-state index in [9.17, 15) is 8.42 Å². The first-order valence-corrected chi connectivity index (χ1v) is 12.1. The first-order valence-electron chi connectivity index (χ1n) is 10.2. The molecule has 0 bridgehead atoms. The van der Waals surface area contributed by atoms with Crippen molar-refractivity contribution in [1.82, 2.24) is 19.7 Å². The topological polar surface area (TPSA) is 68.1 Å². The normalized spacial score (nSPS) is 16.7. The highest BCUT2D eigenvalue weighted by Gasteiger charge is 2.23. The molecule has 3 heterocycles. The Balaban J connectivity index is 1.54. The maximum atomic E-state index is 11.7. The number of aromatic nitrogens is 3. The van der Waals surface area contributed by atoms with Gasteiger partial charge in [0.25, 0.3) is 0 Å². The van der Waals surface area contributed by atoms with E-state index >= 15 is 0 Å². The molecule has 0 radical (unpaired) electrons. The number of fused-ring (bicyclic) bond motifs is 1. The Morgan fingerprint density at radius 2 is 1.79 bits per heavy atom. The molecule has 0 N–H and O–H groups in total. The predicted molar refractivity (Wildman–Crippen MR) is 116 cm³/mol. The molecule has 154 valence electrons. The smallest absolute Gasteiger partial charge is 0.175 e. The SMILES string of the molecule is CC(C)CN1CCC(n2ncc3cc(-c4ccc(S(C)(=O)=O)cc4)ncc32)CC1. The van der Waals surface area contributed by atoms with Crippen molar-refractivity contribution in [2.24, 2.45) is 5.92 Å².